The molecule has 1 heterocycles. The molecule has 0 bridgehead atoms. The van der Waals surface area contributed by atoms with Crippen LogP contribution in [0, 0.1) is 0 Å². The molecule has 1 aliphatic carbocycles. The molecule has 0 radical (unpaired) electrons. The van der Waals surface area contributed by atoms with Gasteiger partial charge in [-0.2, -0.15) is 0 Å². The molecule has 8 aromatic carbocycles. The Hall–Kier alpha value is -5.93. The van der Waals surface area contributed by atoms with E-state index in [9.17, 15) is 0 Å². The summed E-state index contributed by atoms with van der Waals surface area (Å²) in [6, 6.07) is 51.7. The fourth-order valence-electron chi connectivity index (χ4n) is 9.68. The van der Waals surface area contributed by atoms with Gasteiger partial charge in [-0.15, -0.1) is 16.4 Å². The van der Waals surface area contributed by atoms with Gasteiger partial charge in [0.05, 0.1) is 11.0 Å². The van der Waals surface area contributed by atoms with Crippen molar-refractivity contribution in [1.82, 2.24) is 9.55 Å². The standard InChI is InChI=1S/C48H39B5N2/c1-48(2)35-16-8-7-11-29(35)30-24-21-27(25-36(30)48)40-33-14-5-3-12-31(33)39(32-13-4-6-15-34(32)40)26-19-22-28(23-20-26)55-38-18-10-9-17-37(38)54-47(55)41-42(49)44(51)46(53)45(52)43(41)50/h3-25H,49-53H2,1-2H3. The normalized spacial score (nSPS) is 13.1. The van der Waals surface area contributed by atoms with Crippen molar-refractivity contribution in [2.24, 2.45) is 0 Å². The molecule has 0 saturated heterocycles. The minimum atomic E-state index is -0.0653. The summed E-state index contributed by atoms with van der Waals surface area (Å²) in [4.78, 5) is 5.30. The van der Waals surface area contributed by atoms with Crippen molar-refractivity contribution < 1.29 is 0 Å². The Morgan fingerprint density at radius 3 is 1.58 bits per heavy atom. The van der Waals surface area contributed by atoms with Crippen molar-refractivity contribution in [2.75, 3.05) is 0 Å². The minimum absolute atomic E-state index is 0.0653. The van der Waals surface area contributed by atoms with Gasteiger partial charge in [-0.25, -0.2) is 4.98 Å². The molecule has 1 aromatic heterocycles. The van der Waals surface area contributed by atoms with Gasteiger partial charge in [0.2, 0.25) is 0 Å². The predicted octanol–water partition coefficient (Wildman–Crippen LogP) is 3.93. The molecule has 7 heteroatoms. The predicted molar refractivity (Wildman–Crippen MR) is 251 cm³/mol. The van der Waals surface area contributed by atoms with Crippen LogP contribution in [0.15, 0.2) is 140 Å². The lowest BCUT2D eigenvalue weighted by Crippen LogP contribution is -2.55. The zero-order valence-corrected chi connectivity index (χ0v) is 32.7. The number of imidazole rings is 1. The van der Waals surface area contributed by atoms with Crippen LogP contribution in [0.3, 0.4) is 0 Å². The molecule has 0 amide bonds. The summed E-state index contributed by atoms with van der Waals surface area (Å²) < 4.78 is 2.36. The van der Waals surface area contributed by atoms with Crippen molar-refractivity contribution >= 4 is 99.1 Å². The molecule has 0 N–H and O–H groups in total. The van der Waals surface area contributed by atoms with Gasteiger partial charge < -0.3 is 0 Å². The molecule has 9 aromatic rings. The first-order valence-electron chi connectivity index (χ1n) is 19.5. The molecule has 1 aliphatic rings. The molecular formula is C48H39B5N2. The second-order valence-corrected chi connectivity index (χ2v) is 16.1. The van der Waals surface area contributed by atoms with Crippen LogP contribution in [-0.4, -0.2) is 48.8 Å². The van der Waals surface area contributed by atoms with E-state index in [0.29, 0.717) is 0 Å². The van der Waals surface area contributed by atoms with E-state index in [2.05, 4.69) is 197 Å². The van der Waals surface area contributed by atoms with Gasteiger partial charge in [0.15, 0.2) is 0 Å². The van der Waals surface area contributed by atoms with Gasteiger partial charge in [-0.05, 0) is 96.4 Å². The first-order chi connectivity index (χ1) is 26.6. The van der Waals surface area contributed by atoms with Gasteiger partial charge in [-0.1, -0.05) is 134 Å². The third-order valence-electron chi connectivity index (χ3n) is 13.0. The van der Waals surface area contributed by atoms with Gasteiger partial charge in [-0.3, -0.25) is 4.57 Å². The van der Waals surface area contributed by atoms with Crippen LogP contribution in [-0.2, 0) is 5.41 Å². The fourth-order valence-corrected chi connectivity index (χ4v) is 9.68. The number of nitrogens with zero attached hydrogens (tertiary/aromatic N) is 2. The molecule has 55 heavy (non-hydrogen) atoms. The zero-order chi connectivity index (χ0) is 37.7. The number of aromatic nitrogens is 2. The molecule has 10 rings (SSSR count). The summed E-state index contributed by atoms with van der Waals surface area (Å²) in [6.45, 7) is 4.73. The largest absolute Gasteiger partial charge is 0.292 e. The first-order valence-corrected chi connectivity index (χ1v) is 19.5. The van der Waals surface area contributed by atoms with E-state index in [4.69, 9.17) is 4.98 Å². The summed E-state index contributed by atoms with van der Waals surface area (Å²) in [6.07, 6.45) is 0. The van der Waals surface area contributed by atoms with Crippen LogP contribution >= 0.6 is 0 Å². The minimum Gasteiger partial charge on any atom is -0.292 e. The van der Waals surface area contributed by atoms with Gasteiger partial charge in [0, 0.05) is 16.7 Å². The molecule has 2 nitrogen and oxygen atoms in total. The maximum absolute atomic E-state index is 5.30. The number of hydrogen-bond donors (Lipinski definition) is 0. The highest BCUT2D eigenvalue weighted by molar-refractivity contribution is 6.68. The van der Waals surface area contributed by atoms with E-state index >= 15 is 0 Å². The average Bonchev–Trinajstić information content (AvgIpc) is 3.70. The lowest BCUT2D eigenvalue weighted by molar-refractivity contribution is 0.660. The average molecular weight is 698 g/mol. The van der Waals surface area contributed by atoms with Crippen molar-refractivity contribution in [1.29, 1.82) is 0 Å². The Bertz CT molecular complexity index is 2980. The smallest absolute Gasteiger partial charge is 0.144 e. The summed E-state index contributed by atoms with van der Waals surface area (Å²) in [5, 5.41) is 5.07. The Morgan fingerprint density at radius 1 is 0.455 bits per heavy atom. The molecule has 0 saturated carbocycles. The number of benzene rings is 8. The molecule has 0 spiro atoms. The Labute approximate surface area is 327 Å². The van der Waals surface area contributed by atoms with Crippen LogP contribution in [0.2, 0.25) is 0 Å². The number of rotatable bonds is 4. The Kier molecular flexibility index (Phi) is 7.52. The number of fused-ring (bicyclic) bond motifs is 6. The Morgan fingerprint density at radius 2 is 0.945 bits per heavy atom. The maximum Gasteiger partial charge on any atom is 0.144 e. The van der Waals surface area contributed by atoms with E-state index < -0.39 is 0 Å². The number of hydrogen-bond acceptors (Lipinski definition) is 1. The second-order valence-electron chi connectivity index (χ2n) is 16.1. The van der Waals surface area contributed by atoms with E-state index in [0.717, 1.165) is 22.5 Å². The van der Waals surface area contributed by atoms with E-state index in [1.165, 1.54) is 98.9 Å². The molecule has 0 unspecified atom stereocenters. The third-order valence-corrected chi connectivity index (χ3v) is 13.0. The zero-order valence-electron chi connectivity index (χ0n) is 32.7. The summed E-state index contributed by atoms with van der Waals surface area (Å²) in [7, 11) is 11.2. The maximum atomic E-state index is 5.30. The van der Waals surface area contributed by atoms with Gasteiger partial charge in [0.1, 0.15) is 45.1 Å². The van der Waals surface area contributed by atoms with Crippen LogP contribution < -0.4 is 27.3 Å². The molecule has 0 fully saturated rings. The summed E-state index contributed by atoms with van der Waals surface area (Å²) in [5.74, 6) is 0.996. The molecule has 256 valence electrons. The van der Waals surface area contributed by atoms with Crippen LogP contribution in [0.5, 0.6) is 0 Å². The van der Waals surface area contributed by atoms with Crippen molar-refractivity contribution in [3.8, 4) is 50.5 Å². The fraction of sp³-hybridized carbons (Fsp3) is 0.0625. The quantitative estimate of drug-likeness (QED) is 0.202. The third kappa shape index (κ3) is 4.85. The lowest BCUT2D eigenvalue weighted by Gasteiger charge is -2.23. The topological polar surface area (TPSA) is 17.8 Å². The van der Waals surface area contributed by atoms with Crippen molar-refractivity contribution in [3.05, 3.63) is 151 Å². The van der Waals surface area contributed by atoms with Crippen LogP contribution in [0.1, 0.15) is 25.0 Å². The van der Waals surface area contributed by atoms with Crippen LogP contribution in [0.4, 0.5) is 0 Å². The van der Waals surface area contributed by atoms with E-state index in [-0.39, 0.29) is 5.41 Å². The number of para-hydroxylation sites is 2. The molecule has 0 atom stereocenters. The summed E-state index contributed by atoms with van der Waals surface area (Å²) >= 11 is 0. The summed E-state index contributed by atoms with van der Waals surface area (Å²) in [5.41, 5.74) is 21.5. The Balaban J connectivity index is 1.16. The first kappa shape index (κ1) is 33.6. The highest BCUT2D eigenvalue weighted by atomic mass is 15.1. The van der Waals surface area contributed by atoms with E-state index in [1.54, 1.807) is 0 Å². The van der Waals surface area contributed by atoms with Crippen LogP contribution in [0.25, 0.3) is 83.0 Å². The molecular weight excluding hydrogens is 659 g/mol. The van der Waals surface area contributed by atoms with E-state index in [1.807, 2.05) is 0 Å². The SMILES string of the molecule is Bc1c(B)c(B)c(-c2nc3ccccc3n2-c2ccc(-c3c4ccccc4c(-c4ccc5c(c4)C(C)(C)c4ccccc4-5)c4ccccc34)cc2)c(B)c1B. The molecule has 0 aliphatic heterocycles. The van der Waals surface area contributed by atoms with Gasteiger partial charge in [0.25, 0.3) is 0 Å². The van der Waals surface area contributed by atoms with Gasteiger partial charge >= 0.3 is 0 Å². The van der Waals surface area contributed by atoms with Crippen molar-refractivity contribution in [2.45, 2.75) is 19.3 Å². The lowest BCUT2D eigenvalue weighted by atomic mass is 9.60. The van der Waals surface area contributed by atoms with Crippen molar-refractivity contribution in [3.63, 3.8) is 0 Å². The highest BCUT2D eigenvalue weighted by Crippen LogP contribution is 2.51. The second kappa shape index (κ2) is 12.3. The highest BCUT2D eigenvalue weighted by Gasteiger charge is 2.35. The monoisotopic (exact) mass is 698 g/mol.